The van der Waals surface area contributed by atoms with Crippen molar-refractivity contribution in [3.8, 4) is 0 Å². The van der Waals surface area contributed by atoms with Gasteiger partial charge >= 0.3 is 6.03 Å². The van der Waals surface area contributed by atoms with E-state index in [1.807, 2.05) is 4.90 Å². The van der Waals surface area contributed by atoms with Gasteiger partial charge in [-0.25, -0.2) is 4.79 Å². The molecule has 0 aliphatic carbocycles. The highest BCUT2D eigenvalue weighted by molar-refractivity contribution is 5.93. The monoisotopic (exact) mass is 290 g/mol. The minimum Gasteiger partial charge on any atom is -0.325 e. The van der Waals surface area contributed by atoms with Crippen molar-refractivity contribution in [2.45, 2.75) is 25.7 Å². The van der Waals surface area contributed by atoms with Crippen LogP contribution in [-0.4, -0.2) is 36.5 Å². The van der Waals surface area contributed by atoms with Crippen molar-refractivity contribution >= 4 is 23.3 Å². The Balaban J connectivity index is 1.90. The maximum Gasteiger partial charge on any atom is 0.321 e. The van der Waals surface area contributed by atoms with E-state index >= 15 is 0 Å². The third-order valence-electron chi connectivity index (χ3n) is 3.50. The Morgan fingerprint density at radius 3 is 2.00 bits per heavy atom. The van der Waals surface area contributed by atoms with Crippen LogP contribution in [0.3, 0.4) is 0 Å². The van der Waals surface area contributed by atoms with Crippen LogP contribution in [0, 0.1) is 0 Å². The van der Waals surface area contributed by atoms with E-state index in [-0.39, 0.29) is 18.5 Å². The lowest BCUT2D eigenvalue weighted by molar-refractivity contribution is -0.114. The summed E-state index contributed by atoms with van der Waals surface area (Å²) in [5, 5.41) is 5.54. The third-order valence-corrected chi connectivity index (χ3v) is 3.50. The van der Waals surface area contributed by atoms with Crippen LogP contribution >= 0.6 is 0 Å². The van der Waals surface area contributed by atoms with Crippen molar-refractivity contribution in [3.05, 3.63) is 24.3 Å². The molecule has 21 heavy (non-hydrogen) atoms. The molecule has 1 aromatic carbocycles. The van der Waals surface area contributed by atoms with Crippen LogP contribution in [0.25, 0.3) is 0 Å². The van der Waals surface area contributed by atoms with E-state index in [4.69, 9.17) is 5.73 Å². The quantitative estimate of drug-likeness (QED) is 0.795. The number of hydrogen-bond donors (Lipinski definition) is 3. The second-order valence-electron chi connectivity index (χ2n) is 5.16. The Labute approximate surface area is 124 Å². The van der Waals surface area contributed by atoms with Crippen molar-refractivity contribution in [1.29, 1.82) is 0 Å². The minimum absolute atomic E-state index is 0.0482. The fourth-order valence-electron chi connectivity index (χ4n) is 2.33. The fourth-order valence-corrected chi connectivity index (χ4v) is 2.33. The molecule has 3 amide bonds. The first kappa shape index (κ1) is 15.3. The number of benzene rings is 1. The van der Waals surface area contributed by atoms with Gasteiger partial charge in [0.25, 0.3) is 0 Å². The number of carbonyl (C=O) groups excluding carboxylic acids is 2. The second kappa shape index (κ2) is 7.64. The van der Waals surface area contributed by atoms with Gasteiger partial charge in [0.15, 0.2) is 0 Å². The molecule has 4 N–H and O–H groups in total. The van der Waals surface area contributed by atoms with Gasteiger partial charge in [-0.1, -0.05) is 12.8 Å². The molecule has 0 unspecified atom stereocenters. The second-order valence-corrected chi connectivity index (χ2v) is 5.16. The Bertz CT molecular complexity index is 479. The predicted molar refractivity (Wildman–Crippen MR) is 83.2 cm³/mol. The summed E-state index contributed by atoms with van der Waals surface area (Å²) in [6, 6.07) is 6.96. The topological polar surface area (TPSA) is 87.5 Å². The zero-order valence-electron chi connectivity index (χ0n) is 12.1. The summed E-state index contributed by atoms with van der Waals surface area (Å²) < 4.78 is 0. The molecule has 1 saturated heterocycles. The number of nitrogens with zero attached hydrogens (tertiary/aromatic N) is 1. The van der Waals surface area contributed by atoms with E-state index in [2.05, 4.69) is 10.6 Å². The lowest BCUT2D eigenvalue weighted by atomic mass is 10.2. The van der Waals surface area contributed by atoms with Crippen molar-refractivity contribution < 1.29 is 9.59 Å². The van der Waals surface area contributed by atoms with Gasteiger partial charge in [0.2, 0.25) is 5.91 Å². The van der Waals surface area contributed by atoms with Crippen LogP contribution in [0.2, 0.25) is 0 Å². The Hall–Kier alpha value is -2.08. The van der Waals surface area contributed by atoms with Crippen LogP contribution in [0.4, 0.5) is 16.2 Å². The first-order valence-corrected chi connectivity index (χ1v) is 7.35. The molecule has 0 atom stereocenters. The van der Waals surface area contributed by atoms with E-state index in [0.29, 0.717) is 5.69 Å². The fraction of sp³-hybridized carbons (Fsp3) is 0.467. The van der Waals surface area contributed by atoms with E-state index in [9.17, 15) is 9.59 Å². The number of hydrogen-bond acceptors (Lipinski definition) is 3. The first-order valence-electron chi connectivity index (χ1n) is 7.35. The highest BCUT2D eigenvalue weighted by Gasteiger charge is 2.15. The summed E-state index contributed by atoms with van der Waals surface area (Å²) >= 11 is 0. The molecule has 0 radical (unpaired) electrons. The van der Waals surface area contributed by atoms with Crippen molar-refractivity contribution in [3.63, 3.8) is 0 Å². The molecule has 0 aromatic heterocycles. The van der Waals surface area contributed by atoms with E-state index in [1.165, 1.54) is 12.8 Å². The van der Waals surface area contributed by atoms with Crippen LogP contribution < -0.4 is 16.4 Å². The summed E-state index contributed by atoms with van der Waals surface area (Å²) in [4.78, 5) is 25.2. The zero-order valence-corrected chi connectivity index (χ0v) is 12.1. The van der Waals surface area contributed by atoms with Gasteiger partial charge in [-0.2, -0.15) is 0 Å². The average Bonchev–Trinajstić information content (AvgIpc) is 2.78. The van der Waals surface area contributed by atoms with Crippen LogP contribution in [0.15, 0.2) is 24.3 Å². The molecule has 2 rings (SSSR count). The number of likely N-dealkylation sites (tertiary alicyclic amines) is 1. The Morgan fingerprint density at radius 1 is 0.952 bits per heavy atom. The van der Waals surface area contributed by atoms with Crippen molar-refractivity contribution in [2.24, 2.45) is 5.73 Å². The summed E-state index contributed by atoms with van der Waals surface area (Å²) in [5.41, 5.74) is 6.62. The van der Waals surface area contributed by atoms with E-state index in [0.717, 1.165) is 31.6 Å². The smallest absolute Gasteiger partial charge is 0.321 e. The molecule has 1 heterocycles. The molecule has 1 fully saturated rings. The molecule has 0 saturated carbocycles. The number of rotatable bonds is 3. The molecule has 0 spiro atoms. The summed E-state index contributed by atoms with van der Waals surface area (Å²) in [6.07, 6.45) is 4.52. The number of amides is 3. The van der Waals surface area contributed by atoms with Gasteiger partial charge in [0.05, 0.1) is 6.54 Å². The molecular formula is C15H22N4O2. The highest BCUT2D eigenvalue weighted by atomic mass is 16.2. The molecule has 6 nitrogen and oxygen atoms in total. The molecule has 1 aliphatic heterocycles. The molecule has 0 bridgehead atoms. The number of nitrogens with one attached hydrogen (secondary N) is 2. The first-order chi connectivity index (χ1) is 10.2. The predicted octanol–water partition coefficient (Wildman–Crippen LogP) is 1.99. The summed E-state index contributed by atoms with van der Waals surface area (Å²) in [5.74, 6) is -0.239. The maximum absolute atomic E-state index is 12.2. The van der Waals surface area contributed by atoms with Gasteiger partial charge in [-0.3, -0.25) is 4.79 Å². The summed E-state index contributed by atoms with van der Waals surface area (Å²) in [6.45, 7) is 1.58. The van der Waals surface area contributed by atoms with Crippen molar-refractivity contribution in [1.82, 2.24) is 4.90 Å². The van der Waals surface area contributed by atoms with Crippen LogP contribution in [0.5, 0.6) is 0 Å². The third kappa shape index (κ3) is 4.75. The van der Waals surface area contributed by atoms with Crippen LogP contribution in [0.1, 0.15) is 25.7 Å². The number of anilines is 2. The molecule has 1 aromatic rings. The molecular weight excluding hydrogens is 268 g/mol. The Kier molecular flexibility index (Phi) is 5.57. The lowest BCUT2D eigenvalue weighted by Crippen LogP contribution is -2.35. The minimum atomic E-state index is -0.239. The standard InChI is InChI=1S/C15H22N4O2/c16-11-14(20)17-12-5-7-13(8-6-12)18-15(21)19-9-3-1-2-4-10-19/h5-8H,1-4,9-11,16H2,(H,17,20)(H,18,21). The number of nitrogens with two attached hydrogens (primary N) is 1. The van der Waals surface area contributed by atoms with E-state index < -0.39 is 0 Å². The van der Waals surface area contributed by atoms with Gasteiger partial charge in [0.1, 0.15) is 0 Å². The maximum atomic E-state index is 12.2. The average molecular weight is 290 g/mol. The zero-order chi connectivity index (χ0) is 15.1. The van der Waals surface area contributed by atoms with Crippen molar-refractivity contribution in [2.75, 3.05) is 30.3 Å². The molecule has 6 heteroatoms. The highest BCUT2D eigenvalue weighted by Crippen LogP contribution is 2.15. The van der Waals surface area contributed by atoms with Gasteiger partial charge in [0, 0.05) is 24.5 Å². The molecule has 1 aliphatic rings. The normalized spacial score (nSPS) is 15.2. The SMILES string of the molecule is NCC(=O)Nc1ccc(NC(=O)N2CCCCCC2)cc1. The van der Waals surface area contributed by atoms with Gasteiger partial charge < -0.3 is 21.3 Å². The molecule has 114 valence electrons. The largest absolute Gasteiger partial charge is 0.325 e. The van der Waals surface area contributed by atoms with Gasteiger partial charge in [-0.05, 0) is 37.1 Å². The van der Waals surface area contributed by atoms with Gasteiger partial charge in [-0.15, -0.1) is 0 Å². The van der Waals surface area contributed by atoms with Crippen LogP contribution in [-0.2, 0) is 4.79 Å². The number of urea groups is 1. The van der Waals surface area contributed by atoms with E-state index in [1.54, 1.807) is 24.3 Å². The Morgan fingerprint density at radius 2 is 1.48 bits per heavy atom. The number of carbonyl (C=O) groups is 2. The lowest BCUT2D eigenvalue weighted by Gasteiger charge is -2.20. The summed E-state index contributed by atoms with van der Waals surface area (Å²) in [7, 11) is 0.